The van der Waals surface area contributed by atoms with Crippen molar-refractivity contribution in [3.63, 3.8) is 0 Å². The number of aromatic amines is 1. The molecule has 28 heavy (non-hydrogen) atoms. The Morgan fingerprint density at radius 3 is 2.50 bits per heavy atom. The summed E-state index contributed by atoms with van der Waals surface area (Å²) in [4.78, 5) is 16.7. The molecule has 0 aliphatic rings. The van der Waals surface area contributed by atoms with Gasteiger partial charge >= 0.3 is 0 Å². The summed E-state index contributed by atoms with van der Waals surface area (Å²) in [5.41, 5.74) is 3.60. The average Bonchev–Trinajstić information content (AvgIpc) is 3.19. The molecule has 0 amide bonds. The first kappa shape index (κ1) is 18.0. The third-order valence-electron chi connectivity index (χ3n) is 4.94. The Balaban J connectivity index is 1.67. The number of nitrogens with one attached hydrogen (secondary N) is 2. The number of hydrogen-bond donors (Lipinski definition) is 2. The lowest BCUT2D eigenvalue weighted by atomic mass is 9.96. The number of H-pyrrole nitrogens is 1. The van der Waals surface area contributed by atoms with E-state index < -0.39 is 6.04 Å². The molecule has 1 atom stereocenters. The van der Waals surface area contributed by atoms with Crippen LogP contribution in [0.3, 0.4) is 0 Å². The van der Waals surface area contributed by atoms with E-state index in [1.807, 2.05) is 78.9 Å². The molecule has 0 saturated carbocycles. The predicted octanol–water partition coefficient (Wildman–Crippen LogP) is 4.89. The molecule has 3 aromatic carbocycles. The van der Waals surface area contributed by atoms with Crippen LogP contribution in [0.5, 0.6) is 5.75 Å². The van der Waals surface area contributed by atoms with Crippen molar-refractivity contribution in [1.82, 2.24) is 10.3 Å². The van der Waals surface area contributed by atoms with Crippen LogP contribution < -0.4 is 10.1 Å². The number of rotatable bonds is 7. The third kappa shape index (κ3) is 3.55. The smallest absolute Gasteiger partial charge is 0.186 e. The molecule has 0 fully saturated rings. The second-order valence-electron chi connectivity index (χ2n) is 6.65. The van der Waals surface area contributed by atoms with Gasteiger partial charge in [-0.2, -0.15) is 0 Å². The van der Waals surface area contributed by atoms with E-state index >= 15 is 0 Å². The Hall–Kier alpha value is -3.37. The summed E-state index contributed by atoms with van der Waals surface area (Å²) in [5.74, 6) is 0.847. The summed E-state index contributed by atoms with van der Waals surface area (Å²) in [6.07, 6.45) is 1.80. The number of Topliss-reactive ketones (excluding diaryl/α,β-unsaturated/α-hetero) is 1. The van der Waals surface area contributed by atoms with Crippen molar-refractivity contribution in [2.24, 2.45) is 0 Å². The molecule has 1 aromatic heterocycles. The maximum absolute atomic E-state index is 13.5. The molecule has 1 heterocycles. The first-order valence-electron chi connectivity index (χ1n) is 9.28. The van der Waals surface area contributed by atoms with Crippen molar-refractivity contribution in [3.8, 4) is 5.75 Å². The van der Waals surface area contributed by atoms with Gasteiger partial charge in [0.05, 0.1) is 13.2 Å². The number of fused-ring (bicyclic) bond motifs is 1. The number of carbonyl (C=O) groups excluding carboxylic acids is 1. The van der Waals surface area contributed by atoms with Gasteiger partial charge < -0.3 is 9.72 Å². The lowest BCUT2D eigenvalue weighted by molar-refractivity contribution is 0.0943. The number of ether oxygens (including phenoxy) is 1. The van der Waals surface area contributed by atoms with Crippen molar-refractivity contribution >= 4 is 16.7 Å². The molecule has 2 N–H and O–H groups in total. The van der Waals surface area contributed by atoms with Gasteiger partial charge in [-0.05, 0) is 17.7 Å². The first-order chi connectivity index (χ1) is 13.8. The highest BCUT2D eigenvalue weighted by molar-refractivity contribution is 6.10. The predicted molar refractivity (Wildman–Crippen MR) is 112 cm³/mol. The molecule has 4 aromatic rings. The summed E-state index contributed by atoms with van der Waals surface area (Å²) < 4.78 is 5.44. The zero-order valence-electron chi connectivity index (χ0n) is 15.7. The van der Waals surface area contributed by atoms with E-state index in [1.165, 1.54) is 0 Å². The monoisotopic (exact) mass is 370 g/mol. The second kappa shape index (κ2) is 8.11. The zero-order valence-corrected chi connectivity index (χ0v) is 15.7. The standard InChI is InChI=1S/C24H22N2O2/c1-28-22-14-8-5-11-18(22)15-26-23(17-9-3-2-4-10-17)24(27)20-16-25-21-13-7-6-12-19(20)21/h2-14,16,23,25-26H,15H2,1H3/t23-/m0/s1. The van der Waals surface area contributed by atoms with Gasteiger partial charge in [-0.1, -0.05) is 66.7 Å². The SMILES string of the molecule is COc1ccccc1CN[C@H](C(=O)c1c[nH]c2ccccc12)c1ccccc1. The highest BCUT2D eigenvalue weighted by atomic mass is 16.5. The molecule has 0 aliphatic heterocycles. The van der Waals surface area contributed by atoms with E-state index in [0.29, 0.717) is 12.1 Å². The Morgan fingerprint density at radius 1 is 0.964 bits per heavy atom. The number of aromatic nitrogens is 1. The van der Waals surface area contributed by atoms with E-state index in [1.54, 1.807) is 13.3 Å². The number of hydrogen-bond acceptors (Lipinski definition) is 3. The molecule has 0 radical (unpaired) electrons. The van der Waals surface area contributed by atoms with Gasteiger partial charge in [-0.25, -0.2) is 0 Å². The average molecular weight is 370 g/mol. The molecule has 140 valence electrons. The fourth-order valence-corrected chi connectivity index (χ4v) is 3.50. The van der Waals surface area contributed by atoms with Gasteiger partial charge in [-0.3, -0.25) is 10.1 Å². The zero-order chi connectivity index (χ0) is 19.3. The Kier molecular flexibility index (Phi) is 5.22. The molecule has 4 nitrogen and oxygen atoms in total. The summed E-state index contributed by atoms with van der Waals surface area (Å²) in [6, 6.07) is 25.1. The lowest BCUT2D eigenvalue weighted by Crippen LogP contribution is -2.28. The largest absolute Gasteiger partial charge is 0.496 e. The minimum atomic E-state index is -0.453. The molecular formula is C24H22N2O2. The highest BCUT2D eigenvalue weighted by Crippen LogP contribution is 2.26. The van der Waals surface area contributed by atoms with Crippen LogP contribution in [0.25, 0.3) is 10.9 Å². The van der Waals surface area contributed by atoms with Crippen LogP contribution in [-0.4, -0.2) is 17.9 Å². The van der Waals surface area contributed by atoms with E-state index in [-0.39, 0.29) is 5.78 Å². The maximum Gasteiger partial charge on any atom is 0.186 e. The number of carbonyl (C=O) groups is 1. The molecule has 4 rings (SSSR count). The fourth-order valence-electron chi connectivity index (χ4n) is 3.50. The molecular weight excluding hydrogens is 348 g/mol. The van der Waals surface area contributed by atoms with E-state index in [9.17, 15) is 4.79 Å². The van der Waals surface area contributed by atoms with Gasteiger partial charge in [0.25, 0.3) is 0 Å². The van der Waals surface area contributed by atoms with Crippen molar-refractivity contribution in [3.05, 3.63) is 102 Å². The maximum atomic E-state index is 13.5. The number of para-hydroxylation sites is 2. The van der Waals surface area contributed by atoms with Crippen LogP contribution in [0.1, 0.15) is 27.5 Å². The van der Waals surface area contributed by atoms with Gasteiger partial charge in [0.1, 0.15) is 5.75 Å². The van der Waals surface area contributed by atoms with Crippen LogP contribution >= 0.6 is 0 Å². The Morgan fingerprint density at radius 2 is 1.68 bits per heavy atom. The van der Waals surface area contributed by atoms with Gasteiger partial charge in [0.2, 0.25) is 0 Å². The number of benzene rings is 3. The van der Waals surface area contributed by atoms with Crippen LogP contribution in [0, 0.1) is 0 Å². The minimum absolute atomic E-state index is 0.0403. The molecule has 0 saturated heterocycles. The third-order valence-corrected chi connectivity index (χ3v) is 4.94. The fraction of sp³-hybridized carbons (Fsp3) is 0.125. The van der Waals surface area contributed by atoms with Crippen LogP contribution in [-0.2, 0) is 6.54 Å². The number of ketones is 1. The molecule has 4 heteroatoms. The van der Waals surface area contributed by atoms with Gasteiger partial charge in [0.15, 0.2) is 5.78 Å². The quantitative estimate of drug-likeness (QED) is 0.455. The molecule has 0 spiro atoms. The minimum Gasteiger partial charge on any atom is -0.496 e. The second-order valence-corrected chi connectivity index (χ2v) is 6.65. The molecule has 0 unspecified atom stereocenters. The first-order valence-corrected chi connectivity index (χ1v) is 9.28. The van der Waals surface area contributed by atoms with E-state index in [4.69, 9.17) is 4.74 Å². The highest BCUT2D eigenvalue weighted by Gasteiger charge is 2.24. The van der Waals surface area contributed by atoms with E-state index in [0.717, 1.165) is 27.8 Å². The van der Waals surface area contributed by atoms with Crippen LogP contribution in [0.2, 0.25) is 0 Å². The Labute approximate surface area is 164 Å². The number of methoxy groups -OCH3 is 1. The van der Waals surface area contributed by atoms with Crippen LogP contribution in [0.15, 0.2) is 85.1 Å². The Bertz CT molecular complexity index is 1090. The lowest BCUT2D eigenvalue weighted by Gasteiger charge is -2.19. The van der Waals surface area contributed by atoms with Crippen molar-refractivity contribution in [1.29, 1.82) is 0 Å². The van der Waals surface area contributed by atoms with Gasteiger partial charge in [-0.15, -0.1) is 0 Å². The van der Waals surface area contributed by atoms with Gasteiger partial charge in [0, 0.05) is 34.8 Å². The summed E-state index contributed by atoms with van der Waals surface area (Å²) in [7, 11) is 1.66. The summed E-state index contributed by atoms with van der Waals surface area (Å²) >= 11 is 0. The summed E-state index contributed by atoms with van der Waals surface area (Å²) in [5, 5.41) is 4.37. The van der Waals surface area contributed by atoms with E-state index in [2.05, 4.69) is 10.3 Å². The van der Waals surface area contributed by atoms with Crippen molar-refractivity contribution < 1.29 is 9.53 Å². The summed E-state index contributed by atoms with van der Waals surface area (Å²) in [6.45, 7) is 0.525. The molecule has 0 bridgehead atoms. The van der Waals surface area contributed by atoms with Crippen LogP contribution in [0.4, 0.5) is 0 Å². The normalized spacial score (nSPS) is 12.0. The molecule has 0 aliphatic carbocycles. The van der Waals surface area contributed by atoms with Crippen molar-refractivity contribution in [2.45, 2.75) is 12.6 Å². The van der Waals surface area contributed by atoms with Crippen molar-refractivity contribution in [2.75, 3.05) is 7.11 Å². The topological polar surface area (TPSA) is 54.1 Å².